The summed E-state index contributed by atoms with van der Waals surface area (Å²) < 4.78 is 0. The average Bonchev–Trinajstić information content (AvgIpc) is 2.29. The lowest BCUT2D eigenvalue weighted by molar-refractivity contribution is 0.0882. The second-order valence-corrected chi connectivity index (χ2v) is 5.33. The fourth-order valence-electron chi connectivity index (χ4n) is 2.35. The number of halogens is 1. The van der Waals surface area contributed by atoms with E-state index >= 15 is 0 Å². The monoisotopic (exact) mass is 252 g/mol. The van der Waals surface area contributed by atoms with E-state index in [1.165, 1.54) is 19.3 Å². The predicted molar refractivity (Wildman–Crippen MR) is 68.2 cm³/mol. The van der Waals surface area contributed by atoms with E-state index in [-0.39, 0.29) is 11.4 Å². The van der Waals surface area contributed by atoms with Crippen LogP contribution in [0.1, 0.15) is 49.4 Å². The molecule has 0 saturated heterocycles. The molecule has 0 bridgehead atoms. The standard InChI is InChI=1S/C13H17ClN2O/c1-13(6-3-2-4-7-13)16-12(17)10-5-8-15-11(14)9-10/h5,8-9H,2-4,6-7H2,1H3,(H,16,17). The first kappa shape index (κ1) is 12.4. The number of carbonyl (C=O) groups is 1. The van der Waals surface area contributed by atoms with Gasteiger partial charge in [-0.3, -0.25) is 4.79 Å². The lowest BCUT2D eigenvalue weighted by Gasteiger charge is -2.34. The summed E-state index contributed by atoms with van der Waals surface area (Å²) in [5, 5.41) is 3.47. The van der Waals surface area contributed by atoms with Crippen molar-refractivity contribution in [3.63, 3.8) is 0 Å². The molecule has 0 spiro atoms. The molecular weight excluding hydrogens is 236 g/mol. The Morgan fingerprint density at radius 1 is 1.41 bits per heavy atom. The summed E-state index contributed by atoms with van der Waals surface area (Å²) in [5.74, 6) is -0.0568. The molecule has 1 aromatic heterocycles. The van der Waals surface area contributed by atoms with Crippen molar-refractivity contribution in [3.8, 4) is 0 Å². The molecule has 3 nitrogen and oxygen atoms in total. The van der Waals surface area contributed by atoms with Gasteiger partial charge in [-0.05, 0) is 31.9 Å². The fourth-order valence-corrected chi connectivity index (χ4v) is 2.52. The Morgan fingerprint density at radius 3 is 2.76 bits per heavy atom. The molecule has 1 amide bonds. The largest absolute Gasteiger partial charge is 0.347 e. The van der Waals surface area contributed by atoms with Crippen LogP contribution < -0.4 is 5.32 Å². The van der Waals surface area contributed by atoms with Gasteiger partial charge in [0.05, 0.1) is 0 Å². The van der Waals surface area contributed by atoms with Crippen LogP contribution in [0.15, 0.2) is 18.3 Å². The van der Waals surface area contributed by atoms with Crippen LogP contribution in [0.2, 0.25) is 5.15 Å². The Kier molecular flexibility index (Phi) is 3.67. The number of nitrogens with one attached hydrogen (secondary N) is 1. The molecule has 17 heavy (non-hydrogen) atoms. The third-order valence-electron chi connectivity index (χ3n) is 3.36. The molecule has 0 aromatic carbocycles. The van der Waals surface area contributed by atoms with E-state index in [1.807, 2.05) is 0 Å². The summed E-state index contributed by atoms with van der Waals surface area (Å²) in [7, 11) is 0. The molecule has 1 N–H and O–H groups in total. The highest BCUT2D eigenvalue weighted by molar-refractivity contribution is 6.29. The van der Waals surface area contributed by atoms with E-state index in [9.17, 15) is 4.79 Å². The van der Waals surface area contributed by atoms with Crippen molar-refractivity contribution < 1.29 is 4.79 Å². The van der Waals surface area contributed by atoms with Crippen molar-refractivity contribution in [1.29, 1.82) is 0 Å². The van der Waals surface area contributed by atoms with E-state index in [0.717, 1.165) is 12.8 Å². The van der Waals surface area contributed by atoms with Gasteiger partial charge in [0, 0.05) is 17.3 Å². The summed E-state index contributed by atoms with van der Waals surface area (Å²) in [6.07, 6.45) is 7.31. The maximum atomic E-state index is 12.1. The van der Waals surface area contributed by atoms with Gasteiger partial charge in [0.2, 0.25) is 0 Å². The van der Waals surface area contributed by atoms with Gasteiger partial charge in [0.15, 0.2) is 0 Å². The third kappa shape index (κ3) is 3.19. The molecule has 1 aliphatic rings. The van der Waals surface area contributed by atoms with E-state index in [0.29, 0.717) is 10.7 Å². The minimum Gasteiger partial charge on any atom is -0.347 e. The van der Waals surface area contributed by atoms with Crippen LogP contribution in [0, 0.1) is 0 Å². The first-order chi connectivity index (χ1) is 8.09. The Hall–Kier alpha value is -1.09. The molecule has 2 rings (SSSR count). The third-order valence-corrected chi connectivity index (χ3v) is 3.57. The van der Waals surface area contributed by atoms with Crippen molar-refractivity contribution in [2.75, 3.05) is 0 Å². The Balaban J connectivity index is 2.06. The predicted octanol–water partition coefficient (Wildman–Crippen LogP) is 3.19. The normalized spacial score (nSPS) is 18.7. The van der Waals surface area contributed by atoms with Gasteiger partial charge in [-0.2, -0.15) is 0 Å². The average molecular weight is 253 g/mol. The Morgan fingerprint density at radius 2 is 2.12 bits per heavy atom. The second kappa shape index (κ2) is 5.05. The molecule has 1 aromatic rings. The smallest absolute Gasteiger partial charge is 0.251 e. The Bertz CT molecular complexity index is 414. The van der Waals surface area contributed by atoms with Crippen LogP contribution in [-0.2, 0) is 0 Å². The fraction of sp³-hybridized carbons (Fsp3) is 0.538. The topological polar surface area (TPSA) is 42.0 Å². The van der Waals surface area contributed by atoms with Crippen molar-refractivity contribution in [2.45, 2.75) is 44.6 Å². The van der Waals surface area contributed by atoms with E-state index in [1.54, 1.807) is 18.3 Å². The van der Waals surface area contributed by atoms with Gasteiger partial charge >= 0.3 is 0 Å². The van der Waals surface area contributed by atoms with E-state index in [4.69, 9.17) is 11.6 Å². The number of hydrogen-bond donors (Lipinski definition) is 1. The molecule has 1 heterocycles. The minimum absolute atomic E-state index is 0.0568. The summed E-state index contributed by atoms with van der Waals surface area (Å²) in [4.78, 5) is 15.9. The zero-order valence-corrected chi connectivity index (χ0v) is 10.8. The Labute approximate surface area is 107 Å². The zero-order chi connectivity index (χ0) is 12.3. The van der Waals surface area contributed by atoms with Crippen molar-refractivity contribution in [1.82, 2.24) is 10.3 Å². The SMILES string of the molecule is CC1(NC(=O)c2ccnc(Cl)c2)CCCCC1. The van der Waals surface area contributed by atoms with Crippen LogP contribution in [0.4, 0.5) is 0 Å². The molecule has 0 aliphatic heterocycles. The number of carbonyl (C=O) groups excluding carboxylic acids is 1. The van der Waals surface area contributed by atoms with Crippen LogP contribution in [0.5, 0.6) is 0 Å². The van der Waals surface area contributed by atoms with Crippen molar-refractivity contribution in [2.24, 2.45) is 0 Å². The van der Waals surface area contributed by atoms with E-state index in [2.05, 4.69) is 17.2 Å². The summed E-state index contributed by atoms with van der Waals surface area (Å²) >= 11 is 5.78. The molecule has 1 saturated carbocycles. The van der Waals surface area contributed by atoms with Gasteiger partial charge in [0.1, 0.15) is 5.15 Å². The van der Waals surface area contributed by atoms with Gasteiger partial charge in [-0.25, -0.2) is 4.98 Å². The van der Waals surface area contributed by atoms with Gasteiger partial charge in [0.25, 0.3) is 5.91 Å². The number of nitrogens with zero attached hydrogens (tertiary/aromatic N) is 1. The van der Waals surface area contributed by atoms with Crippen molar-refractivity contribution in [3.05, 3.63) is 29.0 Å². The molecule has 1 fully saturated rings. The summed E-state index contributed by atoms with van der Waals surface area (Å²) in [6.45, 7) is 2.12. The molecule has 4 heteroatoms. The first-order valence-electron chi connectivity index (χ1n) is 6.03. The minimum atomic E-state index is -0.0644. The van der Waals surface area contributed by atoms with Gasteiger partial charge < -0.3 is 5.32 Å². The van der Waals surface area contributed by atoms with Crippen LogP contribution >= 0.6 is 11.6 Å². The highest BCUT2D eigenvalue weighted by Gasteiger charge is 2.28. The van der Waals surface area contributed by atoms with Crippen LogP contribution in [0.25, 0.3) is 0 Å². The lowest BCUT2D eigenvalue weighted by atomic mass is 9.83. The number of amides is 1. The zero-order valence-electron chi connectivity index (χ0n) is 10.0. The number of rotatable bonds is 2. The summed E-state index contributed by atoms with van der Waals surface area (Å²) in [5.41, 5.74) is 0.516. The number of hydrogen-bond acceptors (Lipinski definition) is 2. The maximum absolute atomic E-state index is 12.1. The highest BCUT2D eigenvalue weighted by Crippen LogP contribution is 2.27. The maximum Gasteiger partial charge on any atom is 0.251 e. The van der Waals surface area contributed by atoms with Crippen LogP contribution in [0.3, 0.4) is 0 Å². The lowest BCUT2D eigenvalue weighted by Crippen LogP contribution is -2.47. The quantitative estimate of drug-likeness (QED) is 0.822. The molecular formula is C13H17ClN2O. The second-order valence-electron chi connectivity index (χ2n) is 4.94. The van der Waals surface area contributed by atoms with Gasteiger partial charge in [-0.1, -0.05) is 30.9 Å². The number of pyridine rings is 1. The molecule has 1 aliphatic carbocycles. The molecule has 0 unspecified atom stereocenters. The first-order valence-corrected chi connectivity index (χ1v) is 6.41. The molecule has 0 atom stereocenters. The van der Waals surface area contributed by atoms with Crippen LogP contribution in [-0.4, -0.2) is 16.4 Å². The molecule has 0 radical (unpaired) electrons. The summed E-state index contributed by atoms with van der Waals surface area (Å²) in [6, 6.07) is 3.29. The van der Waals surface area contributed by atoms with E-state index < -0.39 is 0 Å². The number of aromatic nitrogens is 1. The molecule has 92 valence electrons. The van der Waals surface area contributed by atoms with Crippen molar-refractivity contribution >= 4 is 17.5 Å². The van der Waals surface area contributed by atoms with Gasteiger partial charge in [-0.15, -0.1) is 0 Å². The highest BCUT2D eigenvalue weighted by atomic mass is 35.5.